The van der Waals surface area contributed by atoms with Crippen molar-refractivity contribution in [1.82, 2.24) is 4.57 Å². The molecule has 1 aliphatic carbocycles. The number of esters is 1. The number of ketones is 1. The second-order valence-electron chi connectivity index (χ2n) is 6.05. The van der Waals surface area contributed by atoms with E-state index in [-0.39, 0.29) is 23.7 Å². The van der Waals surface area contributed by atoms with Crippen molar-refractivity contribution in [1.29, 1.82) is 0 Å². The molecule has 0 spiro atoms. The second-order valence-corrected chi connectivity index (χ2v) is 6.96. The molecular formula is C18H18BrNO4. The number of aryl methyl sites for hydroxylation is 1. The van der Waals surface area contributed by atoms with Crippen LogP contribution in [-0.2, 0) is 4.74 Å². The first-order chi connectivity index (χ1) is 11.4. The molecule has 0 unspecified atom stereocenters. The third-order valence-corrected chi connectivity index (χ3v) is 4.70. The van der Waals surface area contributed by atoms with Gasteiger partial charge in [-0.25, -0.2) is 4.79 Å². The van der Waals surface area contributed by atoms with Gasteiger partial charge in [-0.2, -0.15) is 0 Å². The molecule has 0 atom stereocenters. The van der Waals surface area contributed by atoms with Gasteiger partial charge in [0.25, 0.3) is 0 Å². The maximum Gasteiger partial charge on any atom is 0.342 e. The summed E-state index contributed by atoms with van der Waals surface area (Å²) in [5, 5.41) is 9.73. The summed E-state index contributed by atoms with van der Waals surface area (Å²) < 4.78 is 7.90. The Bertz CT molecular complexity index is 821. The van der Waals surface area contributed by atoms with Gasteiger partial charge in [-0.05, 0) is 51.0 Å². The number of aromatic hydroxyl groups is 1. The molecule has 1 heterocycles. The number of aromatic nitrogens is 1. The number of phenolic OH excluding ortho intramolecular Hbond substituents is 1. The van der Waals surface area contributed by atoms with E-state index in [1.807, 2.05) is 19.9 Å². The van der Waals surface area contributed by atoms with Gasteiger partial charge >= 0.3 is 5.97 Å². The molecule has 6 heteroatoms. The van der Waals surface area contributed by atoms with Crippen LogP contribution >= 0.6 is 15.9 Å². The van der Waals surface area contributed by atoms with Gasteiger partial charge in [0.1, 0.15) is 11.3 Å². The number of rotatable bonds is 5. The molecule has 24 heavy (non-hydrogen) atoms. The number of Topliss-reactive ketones (excluding diaryl/α,β-unsaturated/α-hetero) is 1. The molecule has 1 aliphatic rings. The molecule has 0 bridgehead atoms. The van der Waals surface area contributed by atoms with Crippen molar-refractivity contribution in [2.24, 2.45) is 0 Å². The van der Waals surface area contributed by atoms with Crippen molar-refractivity contribution in [3.8, 4) is 5.75 Å². The first-order valence-electron chi connectivity index (χ1n) is 7.75. The van der Waals surface area contributed by atoms with Crippen LogP contribution in [-0.4, -0.2) is 28.0 Å². The second kappa shape index (κ2) is 6.43. The summed E-state index contributed by atoms with van der Waals surface area (Å²) in [4.78, 5) is 24.5. The fourth-order valence-electron chi connectivity index (χ4n) is 2.91. The van der Waals surface area contributed by atoms with Gasteiger partial charge in [0.15, 0.2) is 6.61 Å². The summed E-state index contributed by atoms with van der Waals surface area (Å²) >= 11 is 3.23. The Morgan fingerprint density at radius 3 is 2.62 bits per heavy atom. The lowest BCUT2D eigenvalue weighted by Crippen LogP contribution is -2.15. The molecule has 5 nitrogen and oxygen atoms in total. The van der Waals surface area contributed by atoms with Crippen molar-refractivity contribution in [3.63, 3.8) is 0 Å². The van der Waals surface area contributed by atoms with Crippen LogP contribution in [0.4, 0.5) is 0 Å². The van der Waals surface area contributed by atoms with Crippen LogP contribution in [0.2, 0.25) is 0 Å². The first-order valence-corrected chi connectivity index (χ1v) is 8.55. The number of benzene rings is 1. The van der Waals surface area contributed by atoms with E-state index in [4.69, 9.17) is 4.74 Å². The molecule has 0 radical (unpaired) electrons. The van der Waals surface area contributed by atoms with Gasteiger partial charge in [-0.3, -0.25) is 4.79 Å². The zero-order valence-electron chi connectivity index (χ0n) is 13.5. The van der Waals surface area contributed by atoms with Gasteiger partial charge in [0, 0.05) is 27.5 Å². The van der Waals surface area contributed by atoms with E-state index in [2.05, 4.69) is 20.5 Å². The van der Waals surface area contributed by atoms with Gasteiger partial charge < -0.3 is 14.4 Å². The zero-order valence-corrected chi connectivity index (χ0v) is 15.1. The van der Waals surface area contributed by atoms with Crippen molar-refractivity contribution in [2.75, 3.05) is 6.61 Å². The molecule has 126 valence electrons. The Morgan fingerprint density at radius 2 is 1.96 bits per heavy atom. The van der Waals surface area contributed by atoms with Crippen molar-refractivity contribution >= 4 is 27.7 Å². The number of halogens is 1. The topological polar surface area (TPSA) is 68.5 Å². The Labute approximate surface area is 148 Å². The van der Waals surface area contributed by atoms with Crippen LogP contribution in [0.5, 0.6) is 5.75 Å². The molecule has 1 N–H and O–H groups in total. The maximum absolute atomic E-state index is 12.4. The van der Waals surface area contributed by atoms with E-state index in [9.17, 15) is 14.7 Å². The fourth-order valence-corrected chi connectivity index (χ4v) is 3.27. The maximum atomic E-state index is 12.4. The van der Waals surface area contributed by atoms with Crippen LogP contribution in [0.1, 0.15) is 51.0 Å². The number of hydrogen-bond donors (Lipinski definition) is 1. The predicted molar refractivity (Wildman–Crippen MR) is 92.6 cm³/mol. The summed E-state index contributed by atoms with van der Waals surface area (Å²) in [7, 11) is 0. The lowest BCUT2D eigenvalue weighted by Gasteiger charge is -2.08. The van der Waals surface area contributed by atoms with Crippen LogP contribution in [0.25, 0.3) is 0 Å². The average molecular weight is 392 g/mol. The van der Waals surface area contributed by atoms with Crippen LogP contribution in [0.15, 0.2) is 28.7 Å². The number of hydrogen-bond acceptors (Lipinski definition) is 4. The Hall–Kier alpha value is -2.08. The molecule has 0 amide bonds. The van der Waals surface area contributed by atoms with E-state index in [1.54, 1.807) is 6.07 Å². The van der Waals surface area contributed by atoms with E-state index in [0.29, 0.717) is 16.1 Å². The number of ether oxygens (including phenoxy) is 1. The zero-order chi connectivity index (χ0) is 17.4. The summed E-state index contributed by atoms with van der Waals surface area (Å²) in [5.74, 6) is -1.14. The SMILES string of the molecule is Cc1cc(C(=O)COC(=O)c2cc(Br)ccc2O)c(C)n1C1CC1. The van der Waals surface area contributed by atoms with Crippen LogP contribution in [0.3, 0.4) is 0 Å². The minimum absolute atomic E-state index is 0.0284. The normalized spacial score (nSPS) is 13.8. The number of phenols is 1. The molecule has 0 aliphatic heterocycles. The summed E-state index contributed by atoms with van der Waals surface area (Å²) in [6, 6.07) is 6.81. The fraction of sp³-hybridized carbons (Fsp3) is 0.333. The monoisotopic (exact) mass is 391 g/mol. The molecule has 3 rings (SSSR count). The lowest BCUT2D eigenvalue weighted by molar-refractivity contribution is 0.0471. The standard InChI is InChI=1S/C18H18BrNO4/c1-10-7-14(11(2)20(10)13-4-5-13)17(22)9-24-18(23)15-8-12(19)3-6-16(15)21/h3,6-8,13,21H,4-5,9H2,1-2H3. The number of carbonyl (C=O) groups excluding carboxylic acids is 2. The highest BCUT2D eigenvalue weighted by Gasteiger charge is 2.28. The van der Waals surface area contributed by atoms with Crippen molar-refractivity contribution in [3.05, 3.63) is 51.3 Å². The molecule has 1 saturated carbocycles. The van der Waals surface area contributed by atoms with Gasteiger partial charge in [0.05, 0.1) is 0 Å². The average Bonchev–Trinajstić information content (AvgIpc) is 3.32. The van der Waals surface area contributed by atoms with Crippen molar-refractivity contribution < 1.29 is 19.4 Å². The molecule has 1 fully saturated rings. The van der Waals surface area contributed by atoms with Crippen LogP contribution < -0.4 is 0 Å². The van der Waals surface area contributed by atoms with Crippen molar-refractivity contribution in [2.45, 2.75) is 32.7 Å². The molecule has 2 aromatic rings. The third kappa shape index (κ3) is 3.24. The highest BCUT2D eigenvalue weighted by atomic mass is 79.9. The van der Waals surface area contributed by atoms with E-state index in [0.717, 1.165) is 24.2 Å². The highest BCUT2D eigenvalue weighted by Crippen LogP contribution is 2.38. The molecular weight excluding hydrogens is 374 g/mol. The summed E-state index contributed by atoms with van der Waals surface area (Å²) in [6.07, 6.45) is 2.28. The smallest absolute Gasteiger partial charge is 0.342 e. The summed E-state index contributed by atoms with van der Waals surface area (Å²) in [5.41, 5.74) is 2.59. The first kappa shape index (κ1) is 16.8. The van der Waals surface area contributed by atoms with Crippen LogP contribution in [0, 0.1) is 13.8 Å². The van der Waals surface area contributed by atoms with E-state index in [1.165, 1.54) is 12.1 Å². The highest BCUT2D eigenvalue weighted by molar-refractivity contribution is 9.10. The molecule has 0 saturated heterocycles. The van der Waals surface area contributed by atoms with E-state index >= 15 is 0 Å². The number of carbonyl (C=O) groups is 2. The third-order valence-electron chi connectivity index (χ3n) is 4.21. The number of nitrogens with zero attached hydrogens (tertiary/aromatic N) is 1. The largest absolute Gasteiger partial charge is 0.507 e. The molecule has 1 aromatic heterocycles. The van der Waals surface area contributed by atoms with Gasteiger partial charge in [0.2, 0.25) is 5.78 Å². The Kier molecular flexibility index (Phi) is 4.49. The van der Waals surface area contributed by atoms with E-state index < -0.39 is 5.97 Å². The quantitative estimate of drug-likeness (QED) is 0.618. The minimum Gasteiger partial charge on any atom is -0.507 e. The predicted octanol–water partition coefficient (Wildman–Crippen LogP) is 3.95. The Morgan fingerprint density at radius 1 is 1.25 bits per heavy atom. The van der Waals surface area contributed by atoms with Gasteiger partial charge in [-0.1, -0.05) is 15.9 Å². The summed E-state index contributed by atoms with van der Waals surface area (Å²) in [6.45, 7) is 3.55. The minimum atomic E-state index is -0.724. The van der Waals surface area contributed by atoms with Gasteiger partial charge in [-0.15, -0.1) is 0 Å². The molecule has 1 aromatic carbocycles. The Balaban J connectivity index is 1.71. The lowest BCUT2D eigenvalue weighted by atomic mass is 10.1.